The zero-order valence-electron chi connectivity index (χ0n) is 12.8. The number of pyridine rings is 1. The fourth-order valence-corrected chi connectivity index (χ4v) is 4.07. The first kappa shape index (κ1) is 14.1. The largest absolute Gasteiger partial charge is 0.392 e. The van der Waals surface area contributed by atoms with Gasteiger partial charge in [0.15, 0.2) is 0 Å². The van der Waals surface area contributed by atoms with Gasteiger partial charge in [-0.25, -0.2) is 0 Å². The molecule has 2 aliphatic rings. The van der Waals surface area contributed by atoms with Crippen molar-refractivity contribution in [2.24, 2.45) is 11.3 Å². The summed E-state index contributed by atoms with van der Waals surface area (Å²) in [5.41, 5.74) is 3.01. The molecule has 110 valence electrons. The van der Waals surface area contributed by atoms with Gasteiger partial charge in [-0.3, -0.25) is 4.98 Å². The maximum absolute atomic E-state index is 10.9. The number of fused-ring (bicyclic) bond motifs is 1. The van der Waals surface area contributed by atoms with Crippen molar-refractivity contribution >= 4 is 0 Å². The lowest BCUT2D eigenvalue weighted by Crippen LogP contribution is -2.34. The normalized spacial score (nSPS) is 27.9. The minimum Gasteiger partial charge on any atom is -0.392 e. The summed E-state index contributed by atoms with van der Waals surface area (Å²) in [4.78, 5) is 4.59. The Hall–Kier alpha value is -0.890. The molecule has 0 aliphatic heterocycles. The molecule has 1 N–H and O–H groups in total. The molecular formula is C18H27NO. The Morgan fingerprint density at radius 3 is 2.75 bits per heavy atom. The van der Waals surface area contributed by atoms with Gasteiger partial charge in [0.1, 0.15) is 0 Å². The predicted molar refractivity (Wildman–Crippen MR) is 81.7 cm³/mol. The molecule has 0 aromatic carbocycles. The quantitative estimate of drug-likeness (QED) is 0.880. The molecule has 2 nitrogen and oxygen atoms in total. The Morgan fingerprint density at radius 1 is 1.25 bits per heavy atom. The lowest BCUT2D eigenvalue weighted by Gasteiger charge is -2.39. The van der Waals surface area contributed by atoms with Crippen LogP contribution in [0.5, 0.6) is 0 Å². The number of hydrogen-bond acceptors (Lipinski definition) is 2. The van der Waals surface area contributed by atoms with Gasteiger partial charge in [0.25, 0.3) is 0 Å². The van der Waals surface area contributed by atoms with E-state index >= 15 is 0 Å². The van der Waals surface area contributed by atoms with Crippen LogP contribution in [0.1, 0.15) is 69.5 Å². The Kier molecular flexibility index (Phi) is 3.85. The number of aliphatic hydroxyl groups is 1. The molecule has 2 heteroatoms. The van der Waals surface area contributed by atoms with Crippen molar-refractivity contribution in [1.29, 1.82) is 0 Å². The average molecular weight is 273 g/mol. The molecule has 1 aromatic heterocycles. The summed E-state index contributed by atoms with van der Waals surface area (Å²) in [5.74, 6) is 0.743. The van der Waals surface area contributed by atoms with Crippen molar-refractivity contribution < 1.29 is 5.11 Å². The highest BCUT2D eigenvalue weighted by Crippen LogP contribution is 2.43. The molecule has 0 spiro atoms. The van der Waals surface area contributed by atoms with E-state index in [2.05, 4.69) is 24.9 Å². The summed E-state index contributed by atoms with van der Waals surface area (Å²) in [6, 6.07) is 4.21. The highest BCUT2D eigenvalue weighted by atomic mass is 16.3. The Balaban J connectivity index is 1.74. The summed E-state index contributed by atoms with van der Waals surface area (Å²) < 4.78 is 0. The van der Waals surface area contributed by atoms with Gasteiger partial charge in [-0.1, -0.05) is 19.9 Å². The molecule has 2 atom stereocenters. The summed E-state index contributed by atoms with van der Waals surface area (Å²) >= 11 is 0. The van der Waals surface area contributed by atoms with Crippen LogP contribution in [0, 0.1) is 11.3 Å². The van der Waals surface area contributed by atoms with Crippen molar-refractivity contribution in [2.75, 3.05) is 0 Å². The van der Waals surface area contributed by atoms with Crippen LogP contribution in [0.3, 0.4) is 0 Å². The van der Waals surface area contributed by atoms with Gasteiger partial charge in [0.05, 0.1) is 6.10 Å². The molecule has 1 saturated carbocycles. The van der Waals surface area contributed by atoms with E-state index in [1.54, 1.807) is 0 Å². The lowest BCUT2D eigenvalue weighted by atomic mass is 9.68. The summed E-state index contributed by atoms with van der Waals surface area (Å²) in [7, 11) is 0. The minimum atomic E-state index is -0.194. The smallest absolute Gasteiger partial charge is 0.0652 e. The van der Waals surface area contributed by atoms with Crippen LogP contribution in [0.4, 0.5) is 0 Å². The van der Waals surface area contributed by atoms with E-state index in [0.29, 0.717) is 11.3 Å². The zero-order valence-corrected chi connectivity index (χ0v) is 12.8. The molecule has 0 radical (unpaired) electrons. The Morgan fingerprint density at radius 2 is 2.00 bits per heavy atom. The van der Waals surface area contributed by atoms with Crippen molar-refractivity contribution in [3.8, 4) is 0 Å². The van der Waals surface area contributed by atoms with E-state index in [0.717, 1.165) is 12.8 Å². The van der Waals surface area contributed by atoms with E-state index in [9.17, 15) is 5.11 Å². The second-order valence-corrected chi connectivity index (χ2v) is 7.54. The van der Waals surface area contributed by atoms with E-state index in [1.807, 2.05) is 12.3 Å². The Labute approximate surface area is 122 Å². The number of rotatable bonds is 2. The SMILES string of the molecule is CC1(C)CCC(C(O)C2CCCc3cccnc32)CC1. The molecule has 2 aliphatic carbocycles. The second-order valence-electron chi connectivity index (χ2n) is 7.54. The van der Waals surface area contributed by atoms with Crippen molar-refractivity contribution in [2.45, 2.75) is 70.8 Å². The standard InChI is InChI=1S/C18H27NO/c1-18(2)10-8-14(9-11-18)17(20)15-7-3-5-13-6-4-12-19-16(13)15/h4,6,12,14-15,17,20H,3,5,7-11H2,1-2H3. The third-order valence-corrected chi connectivity index (χ3v) is 5.52. The van der Waals surface area contributed by atoms with Crippen LogP contribution in [0.15, 0.2) is 18.3 Å². The third kappa shape index (κ3) is 2.76. The molecule has 3 rings (SSSR count). The van der Waals surface area contributed by atoms with E-state index in [-0.39, 0.29) is 12.0 Å². The first-order valence-electron chi connectivity index (χ1n) is 8.19. The molecular weight excluding hydrogens is 246 g/mol. The molecule has 0 saturated heterocycles. The highest BCUT2D eigenvalue weighted by molar-refractivity contribution is 5.27. The van der Waals surface area contributed by atoms with Gasteiger partial charge in [-0.05, 0) is 67.9 Å². The van der Waals surface area contributed by atoms with Crippen LogP contribution < -0.4 is 0 Å². The van der Waals surface area contributed by atoms with Crippen molar-refractivity contribution in [3.63, 3.8) is 0 Å². The van der Waals surface area contributed by atoms with Crippen LogP contribution >= 0.6 is 0 Å². The monoisotopic (exact) mass is 273 g/mol. The summed E-state index contributed by atoms with van der Waals surface area (Å²) in [6.07, 6.45) is 9.95. The summed E-state index contributed by atoms with van der Waals surface area (Å²) in [5, 5.41) is 10.9. The minimum absolute atomic E-state index is 0.194. The molecule has 1 fully saturated rings. The van der Waals surface area contributed by atoms with Crippen molar-refractivity contribution in [3.05, 3.63) is 29.6 Å². The average Bonchev–Trinajstić information content (AvgIpc) is 2.46. The molecule has 0 amide bonds. The van der Waals surface area contributed by atoms with Crippen molar-refractivity contribution in [1.82, 2.24) is 4.98 Å². The zero-order chi connectivity index (χ0) is 14.2. The van der Waals surface area contributed by atoms with Crippen LogP contribution in [-0.2, 0) is 6.42 Å². The van der Waals surface area contributed by atoms with Crippen LogP contribution in [0.2, 0.25) is 0 Å². The maximum atomic E-state index is 10.9. The molecule has 20 heavy (non-hydrogen) atoms. The molecule has 0 bridgehead atoms. The topological polar surface area (TPSA) is 33.1 Å². The van der Waals surface area contributed by atoms with E-state index in [4.69, 9.17) is 0 Å². The van der Waals surface area contributed by atoms with Crippen LogP contribution in [-0.4, -0.2) is 16.2 Å². The van der Waals surface area contributed by atoms with Gasteiger partial charge in [0.2, 0.25) is 0 Å². The van der Waals surface area contributed by atoms with Gasteiger partial charge in [-0.2, -0.15) is 0 Å². The fourth-order valence-electron chi connectivity index (χ4n) is 4.07. The molecule has 1 heterocycles. The number of nitrogens with zero attached hydrogens (tertiary/aromatic N) is 1. The fraction of sp³-hybridized carbons (Fsp3) is 0.722. The second kappa shape index (κ2) is 5.48. The lowest BCUT2D eigenvalue weighted by molar-refractivity contribution is 0.0327. The van der Waals surface area contributed by atoms with Gasteiger partial charge in [-0.15, -0.1) is 0 Å². The van der Waals surface area contributed by atoms with E-state index in [1.165, 1.54) is 43.4 Å². The van der Waals surface area contributed by atoms with Gasteiger partial charge < -0.3 is 5.11 Å². The molecule has 1 aromatic rings. The van der Waals surface area contributed by atoms with Crippen LogP contribution in [0.25, 0.3) is 0 Å². The highest BCUT2D eigenvalue weighted by Gasteiger charge is 2.36. The first-order chi connectivity index (χ1) is 9.57. The Bertz CT molecular complexity index is 458. The van der Waals surface area contributed by atoms with Gasteiger partial charge in [0, 0.05) is 17.8 Å². The number of aromatic nitrogens is 1. The predicted octanol–water partition coefficient (Wildman–Crippen LogP) is 4.08. The maximum Gasteiger partial charge on any atom is 0.0652 e. The summed E-state index contributed by atoms with van der Waals surface area (Å²) in [6.45, 7) is 4.71. The number of aliphatic hydroxyl groups excluding tert-OH is 1. The molecule has 2 unspecified atom stereocenters. The van der Waals surface area contributed by atoms with E-state index < -0.39 is 0 Å². The number of aryl methyl sites for hydroxylation is 1. The number of hydrogen-bond donors (Lipinski definition) is 1. The first-order valence-corrected chi connectivity index (χ1v) is 8.19. The third-order valence-electron chi connectivity index (χ3n) is 5.52. The van der Waals surface area contributed by atoms with Gasteiger partial charge >= 0.3 is 0 Å².